The summed E-state index contributed by atoms with van der Waals surface area (Å²) in [5, 5.41) is 15.6. The molecular weight excluding hydrogens is 602 g/mol. The minimum Gasteiger partial charge on any atom is -0.422 e. The summed E-state index contributed by atoms with van der Waals surface area (Å²) in [7, 11) is -0.434. The van der Waals surface area contributed by atoms with E-state index >= 15 is 0 Å². The SMILES string of the molecule is Cc1cc(-c2ccc(C(C)C)cc2)nn1[B-](n1nc(-c2ccc(C(C)C)cc2)cc1C)n1nc(-c2ccc(C(C)C)cc2)cc1C.[K+]. The molecule has 3 aromatic carbocycles. The van der Waals surface area contributed by atoms with Crippen molar-refractivity contribution in [2.24, 2.45) is 0 Å². The van der Waals surface area contributed by atoms with Gasteiger partial charge in [-0.2, -0.15) is 0 Å². The molecule has 0 N–H and O–H groups in total. The van der Waals surface area contributed by atoms with Crippen LogP contribution in [-0.4, -0.2) is 36.2 Å². The van der Waals surface area contributed by atoms with Crippen molar-refractivity contribution in [3.05, 3.63) is 125 Å². The van der Waals surface area contributed by atoms with Gasteiger partial charge in [0.15, 0.2) is 0 Å². The molecule has 1 radical (unpaired) electrons. The average Bonchev–Trinajstić information content (AvgIpc) is 3.74. The molecule has 0 saturated carbocycles. The summed E-state index contributed by atoms with van der Waals surface area (Å²) in [6, 6.07) is 32.7. The molecule has 0 fully saturated rings. The van der Waals surface area contributed by atoms with E-state index in [1.165, 1.54) is 16.7 Å². The van der Waals surface area contributed by atoms with Gasteiger partial charge >= 0.3 is 51.4 Å². The third-order valence-electron chi connectivity index (χ3n) is 9.04. The van der Waals surface area contributed by atoms with Gasteiger partial charge in [-0.1, -0.05) is 114 Å². The van der Waals surface area contributed by atoms with Gasteiger partial charge in [-0.05, 0) is 90.5 Å². The third kappa shape index (κ3) is 7.37. The molecule has 0 bridgehead atoms. The van der Waals surface area contributed by atoms with Gasteiger partial charge in [-0.25, -0.2) is 15.3 Å². The van der Waals surface area contributed by atoms with Crippen LogP contribution < -0.4 is 51.4 Å². The van der Waals surface area contributed by atoms with Crippen LogP contribution >= 0.6 is 0 Å². The minimum atomic E-state index is -0.434. The summed E-state index contributed by atoms with van der Waals surface area (Å²) in [4.78, 5) is 0. The molecule has 0 aliphatic carbocycles. The smallest absolute Gasteiger partial charge is 0.422 e. The normalized spacial score (nSPS) is 11.7. The first-order chi connectivity index (χ1) is 22.0. The van der Waals surface area contributed by atoms with Crippen LogP contribution in [0.3, 0.4) is 0 Å². The number of hydrogen-bond acceptors (Lipinski definition) is 3. The summed E-state index contributed by atoms with van der Waals surface area (Å²) in [6.45, 7) is 19.7. The predicted octanol–water partition coefficient (Wildman–Crippen LogP) is 6.51. The van der Waals surface area contributed by atoms with E-state index in [4.69, 9.17) is 15.3 Å². The molecule has 6 rings (SSSR count). The number of hydrogen-bond donors (Lipinski definition) is 0. The molecule has 47 heavy (non-hydrogen) atoms. The molecule has 8 heteroatoms. The van der Waals surface area contributed by atoms with Crippen molar-refractivity contribution in [2.75, 3.05) is 0 Å². The van der Waals surface area contributed by atoms with Crippen molar-refractivity contribution < 1.29 is 51.4 Å². The van der Waals surface area contributed by atoms with Crippen molar-refractivity contribution in [1.29, 1.82) is 0 Å². The fourth-order valence-corrected chi connectivity index (χ4v) is 6.02. The second kappa shape index (κ2) is 14.6. The zero-order chi connectivity index (χ0) is 32.7. The Bertz CT molecular complexity index is 1720. The van der Waals surface area contributed by atoms with Gasteiger partial charge < -0.3 is 13.8 Å². The maximum atomic E-state index is 5.21. The maximum absolute atomic E-state index is 5.21. The van der Waals surface area contributed by atoms with Gasteiger partial charge in [0.25, 0.3) is 7.12 Å². The molecule has 0 saturated heterocycles. The standard InChI is InChI=1S/C39H45BN6.K/c1-25(2)31-10-16-34(17-11-31)37-22-28(7)44(41-37)40(45-29(8)23-38(42-45)35-18-12-32(13-19-35)26(3)4)46-30(9)24-39(43-46)36-20-14-33(15-21-36)27(5)6;/h10-27H,1-9H3;/q-1;+1. The van der Waals surface area contributed by atoms with E-state index in [1.807, 2.05) is 0 Å². The second-order valence-corrected chi connectivity index (χ2v) is 13.5. The molecule has 0 atom stereocenters. The maximum Gasteiger partial charge on any atom is 1.00 e. The molecule has 6 nitrogen and oxygen atoms in total. The first-order valence-electron chi connectivity index (χ1n) is 16.5. The van der Waals surface area contributed by atoms with Crippen LogP contribution in [-0.2, 0) is 0 Å². The second-order valence-electron chi connectivity index (χ2n) is 13.5. The number of benzene rings is 3. The van der Waals surface area contributed by atoms with E-state index in [1.54, 1.807) is 0 Å². The quantitative estimate of drug-likeness (QED) is 0.168. The summed E-state index contributed by atoms with van der Waals surface area (Å²) < 4.78 is 6.18. The Morgan fingerprint density at radius 2 is 0.660 bits per heavy atom. The van der Waals surface area contributed by atoms with Crippen LogP contribution in [0.25, 0.3) is 33.8 Å². The van der Waals surface area contributed by atoms with E-state index in [-0.39, 0.29) is 51.4 Å². The molecule has 6 aromatic rings. The largest absolute Gasteiger partial charge is 1.00 e. The number of nitrogens with zero attached hydrogens (tertiary/aromatic N) is 6. The Labute approximate surface area is 323 Å². The van der Waals surface area contributed by atoms with Crippen molar-refractivity contribution in [1.82, 2.24) is 29.1 Å². The summed E-state index contributed by atoms with van der Waals surface area (Å²) in [5.41, 5.74) is 13.1. The first kappa shape index (κ1) is 35.3. The van der Waals surface area contributed by atoms with Crippen LogP contribution in [0.5, 0.6) is 0 Å². The summed E-state index contributed by atoms with van der Waals surface area (Å²) in [6.07, 6.45) is 0. The Morgan fingerprint density at radius 1 is 0.426 bits per heavy atom. The molecule has 0 spiro atoms. The van der Waals surface area contributed by atoms with Crippen LogP contribution in [0.4, 0.5) is 0 Å². The first-order valence-corrected chi connectivity index (χ1v) is 16.5. The number of aryl methyl sites for hydroxylation is 3. The van der Waals surface area contributed by atoms with Crippen molar-refractivity contribution >= 4 is 7.12 Å². The monoisotopic (exact) mass is 647 g/mol. The average molecular weight is 648 g/mol. The van der Waals surface area contributed by atoms with Gasteiger partial charge in [-0.3, -0.25) is 0 Å². The van der Waals surface area contributed by atoms with Gasteiger partial charge in [0.2, 0.25) is 0 Å². The molecule has 3 heterocycles. The van der Waals surface area contributed by atoms with Gasteiger partial charge in [0.1, 0.15) is 0 Å². The Balaban J connectivity index is 0.00000433. The molecule has 0 amide bonds. The van der Waals surface area contributed by atoms with Crippen molar-refractivity contribution in [3.63, 3.8) is 0 Å². The van der Waals surface area contributed by atoms with E-state index in [2.05, 4.69) is 167 Å². The zero-order valence-corrected chi connectivity index (χ0v) is 32.8. The summed E-state index contributed by atoms with van der Waals surface area (Å²) >= 11 is 0. The molecule has 235 valence electrons. The molecule has 0 aliphatic rings. The van der Waals surface area contributed by atoms with Crippen LogP contribution in [0, 0.1) is 20.8 Å². The van der Waals surface area contributed by atoms with E-state index < -0.39 is 7.12 Å². The number of aromatic nitrogens is 6. The Kier molecular flexibility index (Phi) is 11.0. The predicted molar refractivity (Wildman–Crippen MR) is 191 cm³/mol. The van der Waals surface area contributed by atoms with E-state index in [0.717, 1.165) is 50.9 Å². The Hall–Kier alpha value is -3.01. The van der Waals surface area contributed by atoms with E-state index in [0.29, 0.717) is 17.8 Å². The zero-order valence-electron chi connectivity index (χ0n) is 29.7. The molecule has 0 aliphatic heterocycles. The van der Waals surface area contributed by atoms with E-state index in [9.17, 15) is 0 Å². The van der Waals surface area contributed by atoms with Crippen LogP contribution in [0.2, 0.25) is 0 Å². The molecule has 3 aromatic heterocycles. The fraction of sp³-hybridized carbons (Fsp3) is 0.308. The van der Waals surface area contributed by atoms with Crippen LogP contribution in [0.15, 0.2) is 91.0 Å². The number of rotatable bonds is 9. The molecule has 0 unspecified atom stereocenters. The topological polar surface area (TPSA) is 53.5 Å². The van der Waals surface area contributed by atoms with Gasteiger partial charge in [-0.15, -0.1) is 0 Å². The fourth-order valence-electron chi connectivity index (χ4n) is 6.02. The van der Waals surface area contributed by atoms with Crippen molar-refractivity contribution in [3.8, 4) is 33.8 Å². The Morgan fingerprint density at radius 3 is 0.872 bits per heavy atom. The van der Waals surface area contributed by atoms with Gasteiger partial charge in [0.05, 0.1) is 17.1 Å². The summed E-state index contributed by atoms with van der Waals surface area (Å²) in [5.74, 6) is 1.44. The molecular formula is C39H45BKN6. The third-order valence-corrected chi connectivity index (χ3v) is 9.04. The van der Waals surface area contributed by atoms with Crippen molar-refractivity contribution in [2.45, 2.75) is 80.1 Å². The van der Waals surface area contributed by atoms with Gasteiger partial charge in [0, 0.05) is 16.7 Å². The minimum absolute atomic E-state index is 0. The van der Waals surface area contributed by atoms with Crippen LogP contribution in [0.1, 0.15) is 93.1 Å².